The van der Waals surface area contributed by atoms with Crippen LogP contribution >= 0.6 is 0 Å². The van der Waals surface area contributed by atoms with Crippen molar-refractivity contribution in [1.29, 1.82) is 0 Å². The van der Waals surface area contributed by atoms with Crippen molar-refractivity contribution in [3.05, 3.63) is 23.8 Å². The molecular weight excluding hydrogens is 252 g/mol. The number of nitrogens with one attached hydrogen (secondary N) is 1. The van der Waals surface area contributed by atoms with Crippen LogP contribution in [-0.4, -0.2) is 36.9 Å². The average Bonchev–Trinajstić information content (AvgIpc) is 3.02. The molecule has 1 saturated carbocycles. The third-order valence-corrected chi connectivity index (χ3v) is 4.67. The van der Waals surface area contributed by atoms with Crippen molar-refractivity contribution in [3.63, 3.8) is 0 Å². The quantitative estimate of drug-likeness (QED) is 0.913. The van der Waals surface area contributed by atoms with E-state index in [0.29, 0.717) is 18.9 Å². The molecule has 2 atom stereocenters. The van der Waals surface area contributed by atoms with Crippen molar-refractivity contribution in [2.75, 3.05) is 19.9 Å². The molecule has 0 aromatic heterocycles. The summed E-state index contributed by atoms with van der Waals surface area (Å²) in [5.74, 6) is 1.74. The van der Waals surface area contributed by atoms with E-state index in [-0.39, 0.29) is 0 Å². The number of rotatable bonds is 4. The van der Waals surface area contributed by atoms with Crippen LogP contribution in [0.2, 0.25) is 0 Å². The molecule has 0 spiro atoms. The maximum absolute atomic E-state index is 5.46. The van der Waals surface area contributed by atoms with Crippen molar-refractivity contribution in [2.24, 2.45) is 0 Å². The Labute approximate surface area is 120 Å². The summed E-state index contributed by atoms with van der Waals surface area (Å²) in [6, 6.07) is 8.13. The second kappa shape index (κ2) is 4.93. The Morgan fingerprint density at radius 3 is 2.90 bits per heavy atom. The van der Waals surface area contributed by atoms with Gasteiger partial charge < -0.3 is 14.8 Å². The van der Waals surface area contributed by atoms with Crippen molar-refractivity contribution < 1.29 is 9.47 Å². The van der Waals surface area contributed by atoms with E-state index >= 15 is 0 Å². The summed E-state index contributed by atoms with van der Waals surface area (Å²) >= 11 is 0. The minimum Gasteiger partial charge on any atom is -0.454 e. The highest BCUT2D eigenvalue weighted by molar-refractivity contribution is 5.45. The molecule has 0 radical (unpaired) electrons. The zero-order valence-corrected chi connectivity index (χ0v) is 12.0. The van der Waals surface area contributed by atoms with Crippen LogP contribution in [0.3, 0.4) is 0 Å². The Bertz CT molecular complexity index is 501. The first-order chi connectivity index (χ1) is 9.79. The fraction of sp³-hybridized carbons (Fsp3) is 0.625. The lowest BCUT2D eigenvalue weighted by Gasteiger charge is -2.21. The van der Waals surface area contributed by atoms with Crippen LogP contribution in [0, 0.1) is 0 Å². The van der Waals surface area contributed by atoms with E-state index in [4.69, 9.17) is 9.47 Å². The molecule has 2 heterocycles. The molecule has 20 heavy (non-hydrogen) atoms. The van der Waals surface area contributed by atoms with Crippen molar-refractivity contribution in [1.82, 2.24) is 10.2 Å². The molecule has 1 aliphatic carbocycles. The monoisotopic (exact) mass is 274 g/mol. The maximum atomic E-state index is 5.46. The summed E-state index contributed by atoms with van der Waals surface area (Å²) in [4.78, 5) is 2.64. The lowest BCUT2D eigenvalue weighted by molar-refractivity contribution is 0.174. The van der Waals surface area contributed by atoms with Gasteiger partial charge >= 0.3 is 0 Å². The summed E-state index contributed by atoms with van der Waals surface area (Å²) in [5, 5.41) is 3.76. The van der Waals surface area contributed by atoms with E-state index in [1.807, 2.05) is 6.07 Å². The van der Waals surface area contributed by atoms with Gasteiger partial charge in [-0.05, 0) is 43.9 Å². The zero-order chi connectivity index (χ0) is 13.5. The molecule has 2 aliphatic heterocycles. The average molecular weight is 274 g/mol. The van der Waals surface area contributed by atoms with Crippen LogP contribution < -0.4 is 14.8 Å². The fourth-order valence-electron chi connectivity index (χ4n) is 3.33. The van der Waals surface area contributed by atoms with Gasteiger partial charge in [0, 0.05) is 31.2 Å². The van der Waals surface area contributed by atoms with Gasteiger partial charge in [-0.3, -0.25) is 4.90 Å². The topological polar surface area (TPSA) is 33.7 Å². The second-order valence-electron chi connectivity index (χ2n) is 6.21. The predicted molar refractivity (Wildman–Crippen MR) is 77.1 cm³/mol. The number of nitrogens with zero attached hydrogens (tertiary/aromatic N) is 1. The van der Waals surface area contributed by atoms with Crippen LogP contribution in [0.5, 0.6) is 11.5 Å². The molecule has 108 valence electrons. The SMILES string of the molecule is CC(NC1CCN(C2CC2)C1)c1ccc2c(c1)OCO2. The molecule has 1 saturated heterocycles. The molecule has 4 heteroatoms. The Morgan fingerprint density at radius 1 is 1.20 bits per heavy atom. The Hall–Kier alpha value is -1.26. The standard InChI is InChI=1S/C16H22N2O2/c1-11(12-2-5-15-16(8-12)20-10-19-15)17-13-6-7-18(9-13)14-3-4-14/h2,5,8,11,13-14,17H,3-4,6-7,9-10H2,1H3. The number of hydrogen-bond donors (Lipinski definition) is 1. The molecule has 0 bridgehead atoms. The van der Waals surface area contributed by atoms with Gasteiger partial charge in [0.1, 0.15) is 0 Å². The molecule has 2 fully saturated rings. The highest BCUT2D eigenvalue weighted by atomic mass is 16.7. The minimum atomic E-state index is 0.347. The molecule has 4 nitrogen and oxygen atoms in total. The van der Waals surface area contributed by atoms with Crippen LogP contribution in [0.1, 0.15) is 37.8 Å². The van der Waals surface area contributed by atoms with Gasteiger partial charge in [0.2, 0.25) is 6.79 Å². The molecule has 0 amide bonds. The summed E-state index contributed by atoms with van der Waals surface area (Å²) in [6.07, 6.45) is 4.08. The number of hydrogen-bond acceptors (Lipinski definition) is 4. The molecule has 1 N–H and O–H groups in total. The van der Waals surface area contributed by atoms with Crippen LogP contribution in [0.15, 0.2) is 18.2 Å². The molecule has 1 aromatic rings. The van der Waals surface area contributed by atoms with Crippen molar-refractivity contribution in [2.45, 2.75) is 44.3 Å². The first-order valence-corrected chi connectivity index (χ1v) is 7.69. The molecular formula is C16H22N2O2. The molecule has 1 aromatic carbocycles. The van der Waals surface area contributed by atoms with Crippen molar-refractivity contribution in [3.8, 4) is 11.5 Å². The van der Waals surface area contributed by atoms with E-state index < -0.39 is 0 Å². The van der Waals surface area contributed by atoms with Gasteiger partial charge in [-0.15, -0.1) is 0 Å². The molecule has 4 rings (SSSR count). The smallest absolute Gasteiger partial charge is 0.231 e. The Morgan fingerprint density at radius 2 is 2.05 bits per heavy atom. The van der Waals surface area contributed by atoms with Gasteiger partial charge in [-0.1, -0.05) is 6.07 Å². The summed E-state index contributed by atoms with van der Waals surface area (Å²) in [7, 11) is 0. The van der Waals surface area contributed by atoms with E-state index in [9.17, 15) is 0 Å². The molecule has 2 unspecified atom stereocenters. The van der Waals surface area contributed by atoms with Crippen molar-refractivity contribution >= 4 is 0 Å². The summed E-state index contributed by atoms with van der Waals surface area (Å²) < 4.78 is 10.8. The number of ether oxygens (including phenoxy) is 2. The third kappa shape index (κ3) is 2.38. The first kappa shape index (κ1) is 12.5. The zero-order valence-electron chi connectivity index (χ0n) is 12.0. The second-order valence-corrected chi connectivity index (χ2v) is 6.21. The minimum absolute atomic E-state index is 0.347. The number of likely N-dealkylation sites (tertiary alicyclic amines) is 1. The van der Waals surface area contributed by atoms with Crippen LogP contribution in [0.25, 0.3) is 0 Å². The number of fused-ring (bicyclic) bond motifs is 1. The molecule has 3 aliphatic rings. The highest BCUT2D eigenvalue weighted by Gasteiger charge is 2.34. The fourth-order valence-corrected chi connectivity index (χ4v) is 3.33. The summed E-state index contributed by atoms with van der Waals surface area (Å²) in [6.45, 7) is 5.05. The van der Waals surface area contributed by atoms with Gasteiger partial charge in [0.05, 0.1) is 0 Å². The normalized spacial score (nSPS) is 26.9. The van der Waals surface area contributed by atoms with Gasteiger partial charge in [-0.25, -0.2) is 0 Å². The van der Waals surface area contributed by atoms with Gasteiger partial charge in [0.25, 0.3) is 0 Å². The summed E-state index contributed by atoms with van der Waals surface area (Å²) in [5.41, 5.74) is 1.28. The van der Waals surface area contributed by atoms with Crippen LogP contribution in [-0.2, 0) is 0 Å². The van der Waals surface area contributed by atoms with Gasteiger partial charge in [0.15, 0.2) is 11.5 Å². The third-order valence-electron chi connectivity index (χ3n) is 4.67. The lowest BCUT2D eigenvalue weighted by Crippen LogP contribution is -2.34. The van der Waals surface area contributed by atoms with E-state index in [0.717, 1.165) is 17.5 Å². The van der Waals surface area contributed by atoms with E-state index in [2.05, 4.69) is 29.3 Å². The Kier molecular flexibility index (Phi) is 3.08. The highest BCUT2D eigenvalue weighted by Crippen LogP contribution is 2.35. The Balaban J connectivity index is 1.39. The van der Waals surface area contributed by atoms with E-state index in [1.54, 1.807) is 0 Å². The maximum Gasteiger partial charge on any atom is 0.231 e. The van der Waals surface area contributed by atoms with Gasteiger partial charge in [-0.2, -0.15) is 0 Å². The predicted octanol–water partition coefficient (Wildman–Crippen LogP) is 2.30. The lowest BCUT2D eigenvalue weighted by atomic mass is 10.1. The largest absolute Gasteiger partial charge is 0.454 e. The first-order valence-electron chi connectivity index (χ1n) is 7.69. The van der Waals surface area contributed by atoms with E-state index in [1.165, 1.54) is 37.9 Å². The van der Waals surface area contributed by atoms with Crippen LogP contribution in [0.4, 0.5) is 0 Å². The number of benzene rings is 1.